The Morgan fingerprint density at radius 1 is 1.22 bits per heavy atom. The average Bonchev–Trinajstić information content (AvgIpc) is 3.24. The Balaban J connectivity index is 1.28. The van der Waals surface area contributed by atoms with Crippen LogP contribution < -0.4 is 5.32 Å². The molecule has 2 saturated carbocycles. The first-order chi connectivity index (χ1) is 8.83. The number of carbonyl (C=O) groups excluding carboxylic acids is 1. The van der Waals surface area contributed by atoms with Crippen molar-refractivity contribution >= 4 is 5.91 Å². The average molecular weight is 252 g/mol. The molecule has 1 atom stereocenters. The monoisotopic (exact) mass is 252 g/mol. The number of amides is 1. The molecule has 4 nitrogen and oxygen atoms in total. The van der Waals surface area contributed by atoms with Gasteiger partial charge in [0.2, 0.25) is 5.91 Å². The van der Waals surface area contributed by atoms with Gasteiger partial charge in [-0.25, -0.2) is 0 Å². The zero-order valence-electron chi connectivity index (χ0n) is 11.1. The Morgan fingerprint density at radius 3 is 2.78 bits per heavy atom. The largest absolute Gasteiger partial charge is 0.381 e. The van der Waals surface area contributed by atoms with Crippen molar-refractivity contribution in [3.05, 3.63) is 0 Å². The molecule has 3 aliphatic rings. The summed E-state index contributed by atoms with van der Waals surface area (Å²) in [5, 5.41) is 3.43. The second kappa shape index (κ2) is 5.57. The number of hydrogen-bond acceptors (Lipinski definition) is 3. The molecule has 3 fully saturated rings. The van der Waals surface area contributed by atoms with Crippen LogP contribution in [0.3, 0.4) is 0 Å². The van der Waals surface area contributed by atoms with Crippen LogP contribution in [0.15, 0.2) is 0 Å². The predicted octanol–water partition coefficient (Wildman–Crippen LogP) is 1.16. The number of hydrogen-bond donors (Lipinski definition) is 1. The van der Waals surface area contributed by atoms with Crippen molar-refractivity contribution in [2.75, 3.05) is 26.3 Å². The van der Waals surface area contributed by atoms with Crippen molar-refractivity contribution in [1.29, 1.82) is 0 Å². The lowest BCUT2D eigenvalue weighted by Crippen LogP contribution is -2.39. The summed E-state index contributed by atoms with van der Waals surface area (Å²) in [5.74, 6) is 1.15. The zero-order valence-corrected chi connectivity index (χ0v) is 11.1. The van der Waals surface area contributed by atoms with E-state index in [9.17, 15) is 4.79 Å². The minimum atomic E-state index is 0.102. The fourth-order valence-corrected chi connectivity index (χ4v) is 2.54. The van der Waals surface area contributed by atoms with Crippen LogP contribution in [0, 0.1) is 5.92 Å². The third-order valence-electron chi connectivity index (χ3n) is 4.08. The smallest absolute Gasteiger partial charge is 0.239 e. The standard InChI is InChI=1S/C14H24N2O2/c17-14-13(15-12-4-5-12)6-8-16(14)7-1-9-18-10-11-2-3-11/h11-13,15H,1-10H2. The van der Waals surface area contributed by atoms with Crippen molar-refractivity contribution in [2.45, 2.75) is 50.6 Å². The van der Waals surface area contributed by atoms with Gasteiger partial charge in [0.25, 0.3) is 0 Å². The molecule has 2 aliphatic carbocycles. The lowest BCUT2D eigenvalue weighted by molar-refractivity contribution is -0.129. The predicted molar refractivity (Wildman–Crippen MR) is 69.3 cm³/mol. The van der Waals surface area contributed by atoms with Gasteiger partial charge in [-0.2, -0.15) is 0 Å². The summed E-state index contributed by atoms with van der Waals surface area (Å²) in [5.41, 5.74) is 0. The summed E-state index contributed by atoms with van der Waals surface area (Å²) in [6.45, 7) is 3.53. The molecule has 1 heterocycles. The number of ether oxygens (including phenoxy) is 1. The van der Waals surface area contributed by atoms with Crippen LogP contribution in [0.4, 0.5) is 0 Å². The zero-order chi connectivity index (χ0) is 12.4. The minimum Gasteiger partial charge on any atom is -0.381 e. The van der Waals surface area contributed by atoms with Gasteiger partial charge in [0, 0.05) is 32.3 Å². The summed E-state index contributed by atoms with van der Waals surface area (Å²) in [7, 11) is 0. The highest BCUT2D eigenvalue weighted by Crippen LogP contribution is 2.28. The highest BCUT2D eigenvalue weighted by atomic mass is 16.5. The minimum absolute atomic E-state index is 0.102. The Labute approximate surface area is 109 Å². The summed E-state index contributed by atoms with van der Waals surface area (Å²) in [6, 6.07) is 0.727. The molecule has 0 spiro atoms. The van der Waals surface area contributed by atoms with E-state index in [-0.39, 0.29) is 6.04 Å². The molecule has 0 aromatic heterocycles. The fraction of sp³-hybridized carbons (Fsp3) is 0.929. The van der Waals surface area contributed by atoms with E-state index in [4.69, 9.17) is 4.74 Å². The van der Waals surface area contributed by atoms with E-state index in [0.29, 0.717) is 11.9 Å². The summed E-state index contributed by atoms with van der Waals surface area (Å²) in [6.07, 6.45) is 7.16. The Kier molecular flexibility index (Phi) is 3.85. The maximum Gasteiger partial charge on any atom is 0.239 e. The molecule has 102 valence electrons. The maximum absolute atomic E-state index is 12.1. The van der Waals surface area contributed by atoms with Gasteiger partial charge in [-0.15, -0.1) is 0 Å². The van der Waals surface area contributed by atoms with E-state index in [1.165, 1.54) is 25.7 Å². The number of likely N-dealkylation sites (tertiary alicyclic amines) is 1. The first-order valence-electron chi connectivity index (χ1n) is 7.45. The number of carbonyl (C=O) groups is 1. The second-order valence-corrected chi connectivity index (χ2v) is 5.98. The molecule has 1 amide bonds. The first kappa shape index (κ1) is 12.4. The van der Waals surface area contributed by atoms with Gasteiger partial charge >= 0.3 is 0 Å². The van der Waals surface area contributed by atoms with Crippen LogP contribution in [0.1, 0.15) is 38.5 Å². The van der Waals surface area contributed by atoms with Crippen molar-refractivity contribution < 1.29 is 9.53 Å². The van der Waals surface area contributed by atoms with E-state index in [2.05, 4.69) is 5.32 Å². The molecule has 1 N–H and O–H groups in total. The van der Waals surface area contributed by atoms with Gasteiger partial charge < -0.3 is 15.0 Å². The van der Waals surface area contributed by atoms with Crippen molar-refractivity contribution in [1.82, 2.24) is 10.2 Å². The van der Waals surface area contributed by atoms with Crippen LogP contribution in [-0.4, -0.2) is 49.2 Å². The maximum atomic E-state index is 12.1. The van der Waals surface area contributed by atoms with Crippen LogP contribution in [0.25, 0.3) is 0 Å². The Bertz CT molecular complexity index is 300. The third kappa shape index (κ3) is 3.45. The Morgan fingerprint density at radius 2 is 2.06 bits per heavy atom. The fourth-order valence-electron chi connectivity index (χ4n) is 2.54. The topological polar surface area (TPSA) is 41.6 Å². The lowest BCUT2D eigenvalue weighted by atomic mass is 10.2. The number of nitrogens with zero attached hydrogens (tertiary/aromatic N) is 1. The molecule has 0 bridgehead atoms. The van der Waals surface area contributed by atoms with E-state index in [1.54, 1.807) is 0 Å². The molecule has 1 unspecified atom stereocenters. The number of nitrogens with one attached hydrogen (secondary N) is 1. The van der Waals surface area contributed by atoms with Crippen LogP contribution in [-0.2, 0) is 9.53 Å². The third-order valence-corrected chi connectivity index (χ3v) is 4.08. The highest BCUT2D eigenvalue weighted by Gasteiger charge is 2.35. The van der Waals surface area contributed by atoms with Gasteiger partial charge in [0.15, 0.2) is 0 Å². The second-order valence-electron chi connectivity index (χ2n) is 5.98. The number of rotatable bonds is 8. The van der Waals surface area contributed by atoms with Crippen LogP contribution >= 0.6 is 0 Å². The molecule has 18 heavy (non-hydrogen) atoms. The molecule has 3 rings (SSSR count). The molecule has 1 saturated heterocycles. The van der Waals surface area contributed by atoms with Crippen molar-refractivity contribution in [3.8, 4) is 0 Å². The van der Waals surface area contributed by atoms with Gasteiger partial charge in [-0.3, -0.25) is 4.79 Å². The highest BCUT2D eigenvalue weighted by molar-refractivity contribution is 5.84. The summed E-state index contributed by atoms with van der Waals surface area (Å²) >= 11 is 0. The van der Waals surface area contributed by atoms with Crippen molar-refractivity contribution in [2.24, 2.45) is 5.92 Å². The van der Waals surface area contributed by atoms with Gasteiger partial charge in [0.05, 0.1) is 6.04 Å². The SMILES string of the molecule is O=C1C(NC2CC2)CCN1CCCOCC1CC1. The molecule has 0 aromatic rings. The van der Waals surface area contributed by atoms with E-state index in [1.807, 2.05) is 4.90 Å². The van der Waals surface area contributed by atoms with E-state index >= 15 is 0 Å². The molecule has 0 radical (unpaired) electrons. The molecular formula is C14H24N2O2. The van der Waals surface area contributed by atoms with E-state index < -0.39 is 0 Å². The van der Waals surface area contributed by atoms with Crippen LogP contribution in [0.5, 0.6) is 0 Å². The molecule has 4 heteroatoms. The van der Waals surface area contributed by atoms with Crippen LogP contribution in [0.2, 0.25) is 0 Å². The summed E-state index contributed by atoms with van der Waals surface area (Å²) in [4.78, 5) is 14.1. The quantitative estimate of drug-likeness (QED) is 0.659. The van der Waals surface area contributed by atoms with Gasteiger partial charge in [0.1, 0.15) is 0 Å². The lowest BCUT2D eigenvalue weighted by Gasteiger charge is -2.17. The van der Waals surface area contributed by atoms with Gasteiger partial charge in [-0.1, -0.05) is 0 Å². The van der Waals surface area contributed by atoms with Gasteiger partial charge in [-0.05, 0) is 44.4 Å². The molecular weight excluding hydrogens is 228 g/mol. The molecule has 0 aromatic carbocycles. The first-order valence-corrected chi connectivity index (χ1v) is 7.45. The van der Waals surface area contributed by atoms with Crippen molar-refractivity contribution in [3.63, 3.8) is 0 Å². The van der Waals surface area contributed by atoms with E-state index in [0.717, 1.165) is 45.1 Å². The Hall–Kier alpha value is -0.610. The normalized spacial score (nSPS) is 28.1. The molecule has 1 aliphatic heterocycles. The summed E-state index contributed by atoms with van der Waals surface area (Å²) < 4.78 is 5.60.